The number of aromatic amines is 1. The van der Waals surface area contributed by atoms with Crippen molar-refractivity contribution >= 4 is 38.7 Å². The fourth-order valence-electron chi connectivity index (χ4n) is 2.70. The van der Waals surface area contributed by atoms with Crippen LogP contribution in [0.25, 0.3) is 10.9 Å². The van der Waals surface area contributed by atoms with E-state index in [9.17, 15) is 14.7 Å². The lowest BCUT2D eigenvalue weighted by atomic mass is 9.84. The SMILES string of the molecule is O=C(NC(Cc1c[nH]c2ccc(Br)cc12)C(=O)O)C1CCC1. The van der Waals surface area contributed by atoms with Gasteiger partial charge in [0.1, 0.15) is 6.04 Å². The van der Waals surface area contributed by atoms with E-state index >= 15 is 0 Å². The lowest BCUT2D eigenvalue weighted by Crippen LogP contribution is -2.46. The first-order valence-electron chi connectivity index (χ1n) is 7.33. The number of nitrogens with one attached hydrogen (secondary N) is 2. The van der Waals surface area contributed by atoms with Crippen LogP contribution in [0.1, 0.15) is 24.8 Å². The highest BCUT2D eigenvalue weighted by Gasteiger charge is 2.29. The molecule has 1 amide bonds. The van der Waals surface area contributed by atoms with E-state index in [1.807, 2.05) is 24.4 Å². The minimum Gasteiger partial charge on any atom is -0.480 e. The second-order valence-electron chi connectivity index (χ2n) is 5.74. The Morgan fingerprint density at radius 3 is 2.82 bits per heavy atom. The molecule has 1 atom stereocenters. The molecule has 0 aliphatic heterocycles. The minimum atomic E-state index is -1.00. The average Bonchev–Trinajstić information content (AvgIpc) is 2.78. The van der Waals surface area contributed by atoms with Crippen LogP contribution in [0, 0.1) is 5.92 Å². The van der Waals surface area contributed by atoms with E-state index in [1.54, 1.807) is 0 Å². The number of carbonyl (C=O) groups excluding carboxylic acids is 1. The van der Waals surface area contributed by atoms with Gasteiger partial charge in [-0.1, -0.05) is 22.4 Å². The monoisotopic (exact) mass is 364 g/mol. The van der Waals surface area contributed by atoms with Gasteiger partial charge in [0, 0.05) is 33.9 Å². The van der Waals surface area contributed by atoms with Gasteiger partial charge in [0.2, 0.25) is 5.91 Å². The molecule has 116 valence electrons. The standard InChI is InChI=1S/C16H17BrN2O3/c17-11-4-5-13-12(7-11)10(8-18-13)6-14(16(21)22)19-15(20)9-2-1-3-9/h4-5,7-9,14,18H,1-3,6H2,(H,19,20)(H,21,22). The predicted molar refractivity (Wildman–Crippen MR) is 86.6 cm³/mol. The molecule has 22 heavy (non-hydrogen) atoms. The highest BCUT2D eigenvalue weighted by molar-refractivity contribution is 9.10. The van der Waals surface area contributed by atoms with Crippen LogP contribution in [0.2, 0.25) is 0 Å². The molecule has 1 aromatic heterocycles. The Kier molecular flexibility index (Phi) is 4.20. The summed E-state index contributed by atoms with van der Waals surface area (Å²) in [6, 6.07) is 4.92. The molecular weight excluding hydrogens is 348 g/mol. The number of halogens is 1. The van der Waals surface area contributed by atoms with Gasteiger partial charge in [-0.15, -0.1) is 0 Å². The minimum absolute atomic E-state index is 0.0148. The van der Waals surface area contributed by atoms with Crippen molar-refractivity contribution in [2.75, 3.05) is 0 Å². The lowest BCUT2D eigenvalue weighted by molar-refractivity contribution is -0.143. The number of carbonyl (C=O) groups is 2. The molecule has 2 aromatic rings. The van der Waals surface area contributed by atoms with Gasteiger partial charge in [0.25, 0.3) is 0 Å². The molecule has 1 unspecified atom stereocenters. The number of H-pyrrole nitrogens is 1. The Bertz CT molecular complexity index is 721. The second kappa shape index (κ2) is 6.12. The maximum Gasteiger partial charge on any atom is 0.326 e. The third-order valence-electron chi connectivity index (χ3n) is 4.24. The van der Waals surface area contributed by atoms with Crippen molar-refractivity contribution in [1.82, 2.24) is 10.3 Å². The second-order valence-corrected chi connectivity index (χ2v) is 6.65. The van der Waals surface area contributed by atoms with Crippen LogP contribution in [-0.2, 0) is 16.0 Å². The third kappa shape index (κ3) is 3.02. The normalized spacial score (nSPS) is 16.2. The molecule has 1 saturated carbocycles. The van der Waals surface area contributed by atoms with Crippen molar-refractivity contribution in [2.45, 2.75) is 31.7 Å². The molecule has 6 heteroatoms. The fourth-order valence-corrected chi connectivity index (χ4v) is 3.06. The van der Waals surface area contributed by atoms with Crippen molar-refractivity contribution < 1.29 is 14.7 Å². The van der Waals surface area contributed by atoms with Crippen molar-refractivity contribution in [3.63, 3.8) is 0 Å². The summed E-state index contributed by atoms with van der Waals surface area (Å²) in [5, 5.41) is 13.0. The van der Waals surface area contributed by atoms with Crippen molar-refractivity contribution in [3.05, 3.63) is 34.4 Å². The van der Waals surface area contributed by atoms with Crippen molar-refractivity contribution in [2.24, 2.45) is 5.92 Å². The van der Waals surface area contributed by atoms with E-state index in [1.165, 1.54) is 0 Å². The Balaban J connectivity index is 1.78. The van der Waals surface area contributed by atoms with Gasteiger partial charge < -0.3 is 15.4 Å². The van der Waals surface area contributed by atoms with E-state index in [0.29, 0.717) is 0 Å². The summed E-state index contributed by atoms with van der Waals surface area (Å²) in [6.07, 6.45) is 4.84. The molecule has 1 fully saturated rings. The molecule has 1 aliphatic rings. The lowest BCUT2D eigenvalue weighted by Gasteiger charge is -2.26. The van der Waals surface area contributed by atoms with Crippen molar-refractivity contribution in [1.29, 1.82) is 0 Å². The molecule has 0 spiro atoms. The van der Waals surface area contributed by atoms with Crippen LogP contribution in [0.5, 0.6) is 0 Å². The molecule has 0 saturated heterocycles. The van der Waals surface area contributed by atoms with Crippen LogP contribution in [0.3, 0.4) is 0 Å². The van der Waals surface area contributed by atoms with Crippen LogP contribution in [0.15, 0.2) is 28.9 Å². The number of rotatable bonds is 5. The largest absolute Gasteiger partial charge is 0.480 e. The number of amides is 1. The van der Waals surface area contributed by atoms with Gasteiger partial charge >= 0.3 is 5.97 Å². The van der Waals surface area contributed by atoms with Crippen LogP contribution >= 0.6 is 15.9 Å². The molecule has 0 bridgehead atoms. The molecule has 1 aromatic carbocycles. The number of carboxylic acid groups (broad SMARTS) is 1. The number of benzene rings is 1. The van der Waals surface area contributed by atoms with Crippen LogP contribution < -0.4 is 5.32 Å². The van der Waals surface area contributed by atoms with Crippen LogP contribution in [-0.4, -0.2) is 28.0 Å². The van der Waals surface area contributed by atoms with Gasteiger partial charge in [0.15, 0.2) is 0 Å². The molecule has 1 aliphatic carbocycles. The number of fused-ring (bicyclic) bond motifs is 1. The van der Waals surface area contributed by atoms with E-state index in [-0.39, 0.29) is 18.2 Å². The molecule has 5 nitrogen and oxygen atoms in total. The van der Waals surface area contributed by atoms with E-state index in [2.05, 4.69) is 26.2 Å². The van der Waals surface area contributed by atoms with Gasteiger partial charge in [-0.25, -0.2) is 4.79 Å². The first-order valence-corrected chi connectivity index (χ1v) is 8.12. The summed E-state index contributed by atoms with van der Waals surface area (Å²) in [7, 11) is 0. The third-order valence-corrected chi connectivity index (χ3v) is 4.74. The summed E-state index contributed by atoms with van der Waals surface area (Å²) in [6.45, 7) is 0. The topological polar surface area (TPSA) is 82.2 Å². The maximum atomic E-state index is 12.0. The zero-order chi connectivity index (χ0) is 15.7. The number of carboxylic acids is 1. The zero-order valence-electron chi connectivity index (χ0n) is 11.9. The Morgan fingerprint density at radius 2 is 2.18 bits per heavy atom. The summed E-state index contributed by atoms with van der Waals surface area (Å²) < 4.78 is 0.936. The van der Waals surface area contributed by atoms with Gasteiger partial charge in [-0.2, -0.15) is 0 Å². The number of hydrogen-bond donors (Lipinski definition) is 3. The fraction of sp³-hybridized carbons (Fsp3) is 0.375. The maximum absolute atomic E-state index is 12.0. The highest BCUT2D eigenvalue weighted by atomic mass is 79.9. The summed E-state index contributed by atoms with van der Waals surface area (Å²) in [5.41, 5.74) is 1.84. The molecule has 3 N–H and O–H groups in total. The van der Waals surface area contributed by atoms with E-state index in [4.69, 9.17) is 0 Å². The summed E-state index contributed by atoms with van der Waals surface area (Å²) in [5.74, 6) is -1.16. The molecule has 1 heterocycles. The highest BCUT2D eigenvalue weighted by Crippen LogP contribution is 2.27. The number of aliphatic carboxylic acids is 1. The smallest absolute Gasteiger partial charge is 0.326 e. The first kappa shape index (κ1) is 15.1. The van der Waals surface area contributed by atoms with E-state index < -0.39 is 12.0 Å². The van der Waals surface area contributed by atoms with Gasteiger partial charge in [-0.05, 0) is 36.6 Å². The number of hydrogen-bond acceptors (Lipinski definition) is 2. The summed E-state index contributed by atoms with van der Waals surface area (Å²) >= 11 is 3.42. The van der Waals surface area contributed by atoms with Gasteiger partial charge in [0.05, 0.1) is 0 Å². The zero-order valence-corrected chi connectivity index (χ0v) is 13.5. The molecule has 0 radical (unpaired) electrons. The quantitative estimate of drug-likeness (QED) is 0.762. The van der Waals surface area contributed by atoms with Crippen molar-refractivity contribution in [3.8, 4) is 0 Å². The predicted octanol–water partition coefficient (Wildman–Crippen LogP) is 2.84. The Morgan fingerprint density at radius 1 is 1.41 bits per heavy atom. The molecular formula is C16H17BrN2O3. The number of aromatic nitrogens is 1. The summed E-state index contributed by atoms with van der Waals surface area (Å²) in [4.78, 5) is 26.6. The molecule has 3 rings (SSSR count). The van der Waals surface area contributed by atoms with E-state index in [0.717, 1.165) is 40.2 Å². The van der Waals surface area contributed by atoms with Crippen LogP contribution in [0.4, 0.5) is 0 Å². The Hall–Kier alpha value is -1.82. The Labute approximate surface area is 136 Å². The average molecular weight is 365 g/mol. The first-order chi connectivity index (χ1) is 10.5. The van der Waals surface area contributed by atoms with Gasteiger partial charge in [-0.3, -0.25) is 4.79 Å².